The lowest BCUT2D eigenvalue weighted by Gasteiger charge is -1.96. The van der Waals surface area contributed by atoms with Gasteiger partial charge in [0.15, 0.2) is 0 Å². The van der Waals surface area contributed by atoms with Crippen LogP contribution in [0.4, 0.5) is 4.39 Å². The molecule has 1 atom stereocenters. The Bertz CT molecular complexity index is 316. The third-order valence-corrected chi connectivity index (χ3v) is 2.74. The van der Waals surface area contributed by atoms with Crippen LogP contribution in [0.15, 0.2) is 40.6 Å². The summed E-state index contributed by atoms with van der Waals surface area (Å²) in [7, 11) is -1.21. The molecule has 13 heavy (non-hydrogen) atoms. The minimum Gasteiger partial charge on any atom is -0.250 e. The molecule has 1 rings (SSSR count). The van der Waals surface area contributed by atoms with Crippen LogP contribution in [0.5, 0.6) is 0 Å². The molecule has 0 saturated carbocycles. The van der Waals surface area contributed by atoms with Gasteiger partial charge in [-0.25, -0.2) is 8.60 Å². The highest BCUT2D eigenvalue weighted by molar-refractivity contribution is 7.88. The molecule has 0 aliphatic carbocycles. The van der Waals surface area contributed by atoms with Gasteiger partial charge < -0.3 is 0 Å². The zero-order valence-electron chi connectivity index (χ0n) is 7.37. The molecule has 0 heterocycles. The third kappa shape index (κ3) is 3.11. The summed E-state index contributed by atoms with van der Waals surface area (Å²) in [4.78, 5) is 0.704. The topological polar surface area (TPSA) is 17.1 Å². The van der Waals surface area contributed by atoms with Crippen molar-refractivity contribution in [2.75, 3.05) is 6.67 Å². The van der Waals surface area contributed by atoms with Crippen molar-refractivity contribution in [3.63, 3.8) is 0 Å². The Morgan fingerprint density at radius 2 is 2.00 bits per heavy atom. The number of alkyl halides is 1. The zero-order valence-corrected chi connectivity index (χ0v) is 8.18. The molecule has 0 aliphatic rings. The summed E-state index contributed by atoms with van der Waals surface area (Å²) in [5.74, 6) is 0. The van der Waals surface area contributed by atoms with Crippen LogP contribution < -0.4 is 0 Å². The van der Waals surface area contributed by atoms with Crippen molar-refractivity contribution >= 4 is 10.8 Å². The van der Waals surface area contributed by atoms with Gasteiger partial charge in [-0.3, -0.25) is 0 Å². The largest absolute Gasteiger partial charge is 0.250 e. The summed E-state index contributed by atoms with van der Waals surface area (Å²) in [5.41, 5.74) is 1.12. The molecular formula is C10H11FOS. The van der Waals surface area contributed by atoms with Crippen LogP contribution in [-0.4, -0.2) is 10.9 Å². The number of rotatable bonds is 3. The van der Waals surface area contributed by atoms with Crippen molar-refractivity contribution in [2.24, 2.45) is 0 Å². The van der Waals surface area contributed by atoms with Crippen LogP contribution in [0.3, 0.4) is 0 Å². The normalized spacial score (nSPS) is 13.4. The molecule has 0 unspecified atom stereocenters. The lowest BCUT2D eigenvalue weighted by Crippen LogP contribution is -1.86. The molecule has 0 amide bonds. The predicted molar refractivity (Wildman–Crippen MR) is 52.7 cm³/mol. The van der Waals surface area contributed by atoms with E-state index in [0.717, 1.165) is 5.56 Å². The average Bonchev–Trinajstić information content (AvgIpc) is 2.15. The van der Waals surface area contributed by atoms with Crippen LogP contribution in [0.2, 0.25) is 0 Å². The fraction of sp³-hybridized carbons (Fsp3) is 0.200. The molecule has 0 bridgehead atoms. The highest BCUT2D eigenvalue weighted by atomic mass is 32.2. The highest BCUT2D eigenvalue weighted by Crippen LogP contribution is 2.08. The van der Waals surface area contributed by atoms with E-state index in [-0.39, 0.29) is 0 Å². The molecule has 1 nitrogen and oxygen atoms in total. The van der Waals surface area contributed by atoms with Crippen molar-refractivity contribution < 1.29 is 8.60 Å². The molecule has 0 aliphatic heterocycles. The van der Waals surface area contributed by atoms with Crippen molar-refractivity contribution in [1.82, 2.24) is 0 Å². The Kier molecular flexibility index (Phi) is 3.83. The van der Waals surface area contributed by atoms with Gasteiger partial charge >= 0.3 is 0 Å². The van der Waals surface area contributed by atoms with E-state index >= 15 is 0 Å². The quantitative estimate of drug-likeness (QED) is 0.729. The van der Waals surface area contributed by atoms with Gasteiger partial charge in [0.05, 0.1) is 10.8 Å². The van der Waals surface area contributed by atoms with Crippen LogP contribution in [0.25, 0.3) is 0 Å². The minimum atomic E-state index is -1.21. The summed E-state index contributed by atoms with van der Waals surface area (Å²) in [5, 5.41) is 1.37. The second-order valence-electron chi connectivity index (χ2n) is 2.64. The van der Waals surface area contributed by atoms with E-state index in [1.807, 2.05) is 19.1 Å². The summed E-state index contributed by atoms with van der Waals surface area (Å²) in [6.07, 6.45) is 1.26. The molecule has 0 aromatic heterocycles. The molecular weight excluding hydrogens is 187 g/mol. The first-order chi connectivity index (χ1) is 6.24. The average molecular weight is 198 g/mol. The molecule has 0 N–H and O–H groups in total. The van der Waals surface area contributed by atoms with E-state index in [4.69, 9.17) is 0 Å². The first-order valence-corrected chi connectivity index (χ1v) is 5.15. The van der Waals surface area contributed by atoms with Gasteiger partial charge in [0.2, 0.25) is 0 Å². The molecule has 3 heteroatoms. The van der Waals surface area contributed by atoms with Crippen molar-refractivity contribution in [3.8, 4) is 0 Å². The van der Waals surface area contributed by atoms with Crippen LogP contribution in [-0.2, 0) is 10.8 Å². The number of hydrogen-bond donors (Lipinski definition) is 0. The van der Waals surface area contributed by atoms with E-state index in [2.05, 4.69) is 0 Å². The van der Waals surface area contributed by atoms with Gasteiger partial charge in [-0.1, -0.05) is 17.7 Å². The molecule has 1 aromatic carbocycles. The number of hydrogen-bond acceptors (Lipinski definition) is 1. The Labute approximate surface area is 79.7 Å². The number of allylic oxidation sites excluding steroid dienone is 1. The smallest absolute Gasteiger partial charge is 0.108 e. The van der Waals surface area contributed by atoms with Gasteiger partial charge in [0.25, 0.3) is 0 Å². The summed E-state index contributed by atoms with van der Waals surface area (Å²) < 4.78 is 23.1. The second-order valence-corrected chi connectivity index (χ2v) is 3.97. The lowest BCUT2D eigenvalue weighted by molar-refractivity contribution is 0.562. The zero-order chi connectivity index (χ0) is 9.68. The molecule has 0 spiro atoms. The van der Waals surface area contributed by atoms with Gasteiger partial charge in [-0.05, 0) is 25.1 Å². The SMILES string of the molecule is Cc1ccc([S@](=O)/C=C/CF)cc1. The van der Waals surface area contributed by atoms with E-state index in [1.165, 1.54) is 11.5 Å². The summed E-state index contributed by atoms with van der Waals surface area (Å²) >= 11 is 0. The lowest BCUT2D eigenvalue weighted by atomic mass is 10.2. The molecule has 0 fully saturated rings. The predicted octanol–water partition coefficient (Wildman–Crippen LogP) is 2.59. The first-order valence-electron chi connectivity index (χ1n) is 3.94. The van der Waals surface area contributed by atoms with Crippen LogP contribution in [0.1, 0.15) is 5.56 Å². The van der Waals surface area contributed by atoms with E-state index < -0.39 is 17.5 Å². The third-order valence-electron chi connectivity index (χ3n) is 1.56. The van der Waals surface area contributed by atoms with Gasteiger partial charge in [-0.2, -0.15) is 0 Å². The maximum Gasteiger partial charge on any atom is 0.108 e. The maximum atomic E-state index is 11.7. The molecule has 1 aromatic rings. The number of aryl methyl sites for hydroxylation is 1. The Morgan fingerprint density at radius 1 is 1.38 bits per heavy atom. The van der Waals surface area contributed by atoms with Crippen LogP contribution >= 0.6 is 0 Å². The molecule has 70 valence electrons. The van der Waals surface area contributed by atoms with Crippen molar-refractivity contribution in [3.05, 3.63) is 41.3 Å². The fourth-order valence-electron chi connectivity index (χ4n) is 0.875. The van der Waals surface area contributed by atoms with E-state index in [9.17, 15) is 8.60 Å². The highest BCUT2D eigenvalue weighted by Gasteiger charge is 1.97. The van der Waals surface area contributed by atoms with Crippen molar-refractivity contribution in [2.45, 2.75) is 11.8 Å². The Balaban J connectivity index is 2.78. The van der Waals surface area contributed by atoms with Gasteiger partial charge in [0.1, 0.15) is 6.67 Å². The Morgan fingerprint density at radius 3 is 2.54 bits per heavy atom. The van der Waals surface area contributed by atoms with Gasteiger partial charge in [0, 0.05) is 10.3 Å². The van der Waals surface area contributed by atoms with Gasteiger partial charge in [-0.15, -0.1) is 0 Å². The van der Waals surface area contributed by atoms with E-state index in [1.54, 1.807) is 12.1 Å². The number of halogens is 1. The monoisotopic (exact) mass is 198 g/mol. The summed E-state index contributed by atoms with van der Waals surface area (Å²) in [6.45, 7) is 1.39. The standard InChI is InChI=1S/C10H11FOS/c1-9-3-5-10(6-4-9)13(12)8-2-7-11/h2-6,8H,7H2,1H3/b8-2+/t13-/m1/s1. The molecule has 0 saturated heterocycles. The van der Waals surface area contributed by atoms with E-state index in [0.29, 0.717) is 4.90 Å². The maximum absolute atomic E-state index is 11.7. The first kappa shape index (κ1) is 10.1. The minimum absolute atomic E-state index is 0.572. The fourth-order valence-corrected chi connectivity index (χ4v) is 1.68. The molecule has 0 radical (unpaired) electrons. The number of benzene rings is 1. The van der Waals surface area contributed by atoms with Crippen molar-refractivity contribution in [1.29, 1.82) is 0 Å². The second kappa shape index (κ2) is 4.92. The summed E-state index contributed by atoms with van der Waals surface area (Å²) in [6, 6.07) is 7.34. The van der Waals surface area contributed by atoms with Crippen LogP contribution in [0, 0.1) is 6.92 Å². The Hall–Kier alpha value is -0.960.